The molecule has 1 saturated heterocycles. The van der Waals surface area contributed by atoms with Gasteiger partial charge >= 0.3 is 5.69 Å². The molecule has 0 atom stereocenters. The normalized spacial score (nSPS) is 16.5. The molecule has 4 aromatic rings. The number of aromatic amines is 1. The van der Waals surface area contributed by atoms with Crippen molar-refractivity contribution >= 4 is 22.8 Å². The van der Waals surface area contributed by atoms with E-state index in [1.165, 1.54) is 12.1 Å². The number of benzene rings is 2. The molecule has 0 bridgehead atoms. The molecule has 0 saturated carbocycles. The van der Waals surface area contributed by atoms with Gasteiger partial charge in [0.25, 0.3) is 11.8 Å². The topological polar surface area (TPSA) is 96.2 Å². The molecule has 0 aliphatic carbocycles. The molecule has 1 N–H and O–H groups in total. The first-order valence-electron chi connectivity index (χ1n) is 12.1. The van der Waals surface area contributed by atoms with Crippen LogP contribution in [0.5, 0.6) is 0 Å². The van der Waals surface area contributed by atoms with Gasteiger partial charge in [-0.3, -0.25) is 18.8 Å². The van der Waals surface area contributed by atoms with Gasteiger partial charge in [-0.2, -0.15) is 5.10 Å². The van der Waals surface area contributed by atoms with E-state index in [1.807, 2.05) is 24.3 Å². The van der Waals surface area contributed by atoms with Crippen molar-refractivity contribution in [3.63, 3.8) is 0 Å². The first kappa shape index (κ1) is 22.3. The average Bonchev–Trinajstić information content (AvgIpc) is 3.48. The number of rotatable bonds is 4. The van der Waals surface area contributed by atoms with Crippen molar-refractivity contribution in [3.05, 3.63) is 87.9 Å². The maximum absolute atomic E-state index is 13.2. The van der Waals surface area contributed by atoms with Gasteiger partial charge in [-0.05, 0) is 42.7 Å². The first-order chi connectivity index (χ1) is 17.5. The summed E-state index contributed by atoms with van der Waals surface area (Å²) < 4.78 is 16.6. The maximum Gasteiger partial charge on any atom is 0.326 e. The molecule has 2 aromatic heterocycles. The Balaban J connectivity index is 1.14. The summed E-state index contributed by atoms with van der Waals surface area (Å²) >= 11 is 0. The Labute approximate surface area is 205 Å². The van der Waals surface area contributed by atoms with Gasteiger partial charge in [-0.15, -0.1) is 0 Å². The van der Waals surface area contributed by atoms with Gasteiger partial charge < -0.3 is 14.8 Å². The van der Waals surface area contributed by atoms with Crippen LogP contribution in [0.4, 0.5) is 4.39 Å². The first-order valence-corrected chi connectivity index (χ1v) is 12.1. The lowest BCUT2D eigenvalue weighted by molar-refractivity contribution is 0.0672. The van der Waals surface area contributed by atoms with Gasteiger partial charge in [-0.25, -0.2) is 9.18 Å². The van der Waals surface area contributed by atoms with Crippen LogP contribution in [-0.4, -0.2) is 60.6 Å². The lowest BCUT2D eigenvalue weighted by atomic mass is 10.0. The summed E-state index contributed by atoms with van der Waals surface area (Å²) in [5.74, 6) is -0.725. The number of piperidine rings is 1. The predicted octanol–water partition coefficient (Wildman–Crippen LogP) is 2.80. The van der Waals surface area contributed by atoms with E-state index < -0.39 is 0 Å². The van der Waals surface area contributed by atoms with Crippen molar-refractivity contribution in [2.45, 2.75) is 32.0 Å². The number of fused-ring (bicyclic) bond motifs is 2. The smallest absolute Gasteiger partial charge is 0.326 e. The van der Waals surface area contributed by atoms with E-state index >= 15 is 0 Å². The Morgan fingerprint density at radius 2 is 1.75 bits per heavy atom. The predicted molar refractivity (Wildman–Crippen MR) is 130 cm³/mol. The number of carbonyl (C=O) groups is 2. The quantitative estimate of drug-likeness (QED) is 0.478. The molecule has 2 amide bonds. The highest BCUT2D eigenvalue weighted by Gasteiger charge is 2.31. The van der Waals surface area contributed by atoms with Crippen LogP contribution >= 0.6 is 0 Å². The minimum Gasteiger partial charge on any atom is -0.337 e. The van der Waals surface area contributed by atoms with Crippen LogP contribution < -0.4 is 5.69 Å². The number of carbonyl (C=O) groups excluding carboxylic acids is 2. The summed E-state index contributed by atoms with van der Waals surface area (Å²) in [7, 11) is 0. The Bertz CT molecular complexity index is 1510. The van der Waals surface area contributed by atoms with Gasteiger partial charge in [0.15, 0.2) is 5.69 Å². The number of aromatic nitrogens is 4. The van der Waals surface area contributed by atoms with E-state index in [2.05, 4.69) is 10.1 Å². The number of H-pyrrole nitrogens is 1. The molecule has 6 rings (SSSR count). The Kier molecular flexibility index (Phi) is 5.43. The van der Waals surface area contributed by atoms with Crippen LogP contribution in [0.15, 0.2) is 59.4 Å². The number of hydrogen-bond acceptors (Lipinski definition) is 4. The molecule has 1 fully saturated rings. The molecular formula is C26H25FN6O3. The fraction of sp³-hybridized carbons (Fsp3) is 0.308. The summed E-state index contributed by atoms with van der Waals surface area (Å²) in [5, 5.41) is 4.42. The van der Waals surface area contributed by atoms with Crippen molar-refractivity contribution in [2.24, 2.45) is 0 Å². The zero-order valence-electron chi connectivity index (χ0n) is 19.6. The number of para-hydroxylation sites is 2. The molecule has 2 aliphatic rings. The van der Waals surface area contributed by atoms with Gasteiger partial charge in [0.05, 0.1) is 17.6 Å². The molecule has 0 spiro atoms. The number of nitrogens with zero attached hydrogens (tertiary/aromatic N) is 5. The van der Waals surface area contributed by atoms with E-state index in [0.717, 1.165) is 16.6 Å². The molecule has 10 heteroatoms. The second kappa shape index (κ2) is 8.78. The SMILES string of the molecule is O=C(c1cc2n(n1)CCN(Cc1ccc(F)cc1)C2=O)N1CCC(n2c(=O)[nH]c3ccccc32)CC1. The van der Waals surface area contributed by atoms with Crippen LogP contribution in [0.2, 0.25) is 0 Å². The van der Waals surface area contributed by atoms with E-state index in [0.29, 0.717) is 51.3 Å². The molecule has 36 heavy (non-hydrogen) atoms. The van der Waals surface area contributed by atoms with E-state index in [-0.39, 0.29) is 35.1 Å². The van der Waals surface area contributed by atoms with Crippen molar-refractivity contribution < 1.29 is 14.0 Å². The number of likely N-dealkylation sites (tertiary alicyclic amines) is 1. The zero-order valence-corrected chi connectivity index (χ0v) is 19.6. The minimum absolute atomic E-state index is 0.00880. The fourth-order valence-electron chi connectivity index (χ4n) is 5.23. The highest BCUT2D eigenvalue weighted by atomic mass is 19.1. The molecule has 9 nitrogen and oxygen atoms in total. The third-order valence-electron chi connectivity index (χ3n) is 7.11. The highest BCUT2D eigenvalue weighted by Crippen LogP contribution is 2.26. The number of hydrogen-bond donors (Lipinski definition) is 1. The molecule has 0 unspecified atom stereocenters. The summed E-state index contributed by atoms with van der Waals surface area (Å²) in [6, 6.07) is 15.3. The van der Waals surface area contributed by atoms with Gasteiger partial charge in [0.2, 0.25) is 0 Å². The van der Waals surface area contributed by atoms with E-state index in [4.69, 9.17) is 0 Å². The number of halogens is 1. The second-order valence-electron chi connectivity index (χ2n) is 9.33. The van der Waals surface area contributed by atoms with E-state index in [9.17, 15) is 18.8 Å². The maximum atomic E-state index is 13.2. The Morgan fingerprint density at radius 1 is 1.00 bits per heavy atom. The lowest BCUT2D eigenvalue weighted by Gasteiger charge is -2.32. The summed E-state index contributed by atoms with van der Waals surface area (Å²) in [5.41, 5.74) is 3.02. The van der Waals surface area contributed by atoms with Crippen LogP contribution in [0, 0.1) is 5.82 Å². The van der Waals surface area contributed by atoms with Crippen LogP contribution in [0.3, 0.4) is 0 Å². The third-order valence-corrected chi connectivity index (χ3v) is 7.11. The fourth-order valence-corrected chi connectivity index (χ4v) is 5.23. The molecule has 0 radical (unpaired) electrons. The number of nitrogens with one attached hydrogen (secondary N) is 1. The Morgan fingerprint density at radius 3 is 2.53 bits per heavy atom. The molecular weight excluding hydrogens is 463 g/mol. The van der Waals surface area contributed by atoms with Gasteiger partial charge in [-0.1, -0.05) is 24.3 Å². The van der Waals surface area contributed by atoms with Crippen molar-refractivity contribution in [1.29, 1.82) is 0 Å². The number of imidazole rings is 1. The van der Waals surface area contributed by atoms with Crippen molar-refractivity contribution in [2.75, 3.05) is 19.6 Å². The van der Waals surface area contributed by atoms with Crippen molar-refractivity contribution in [1.82, 2.24) is 29.1 Å². The summed E-state index contributed by atoms with van der Waals surface area (Å²) in [6.07, 6.45) is 1.32. The Hall–Kier alpha value is -4.21. The van der Waals surface area contributed by atoms with Gasteiger partial charge in [0, 0.05) is 38.3 Å². The number of amides is 2. The van der Waals surface area contributed by atoms with Crippen LogP contribution in [0.25, 0.3) is 11.0 Å². The van der Waals surface area contributed by atoms with Crippen molar-refractivity contribution in [3.8, 4) is 0 Å². The molecule has 2 aromatic carbocycles. The zero-order chi connectivity index (χ0) is 24.8. The molecule has 2 aliphatic heterocycles. The second-order valence-corrected chi connectivity index (χ2v) is 9.33. The summed E-state index contributed by atoms with van der Waals surface area (Å²) in [6.45, 7) is 2.32. The van der Waals surface area contributed by atoms with Gasteiger partial charge in [0.1, 0.15) is 11.5 Å². The van der Waals surface area contributed by atoms with Crippen LogP contribution in [0.1, 0.15) is 45.4 Å². The van der Waals surface area contributed by atoms with Crippen LogP contribution in [-0.2, 0) is 13.1 Å². The monoisotopic (exact) mass is 488 g/mol. The summed E-state index contributed by atoms with van der Waals surface area (Å²) in [4.78, 5) is 45.1. The molecule has 184 valence electrons. The minimum atomic E-state index is -0.317. The average molecular weight is 489 g/mol. The molecule has 4 heterocycles. The lowest BCUT2D eigenvalue weighted by Crippen LogP contribution is -2.40. The van der Waals surface area contributed by atoms with E-state index in [1.54, 1.807) is 37.2 Å². The highest BCUT2D eigenvalue weighted by molar-refractivity contribution is 5.98. The largest absolute Gasteiger partial charge is 0.337 e. The standard InChI is InChI=1S/C26H25FN6O3/c27-18-7-5-17(6-8-18)16-31-13-14-32-23(25(31)35)15-21(29-32)24(34)30-11-9-19(10-12-30)33-22-4-2-1-3-20(22)28-26(33)36/h1-8,15,19H,9-14,16H2,(H,28,36). The third kappa shape index (κ3) is 3.88.